The van der Waals surface area contributed by atoms with E-state index in [1.165, 1.54) is 0 Å². The molecule has 0 saturated heterocycles. The maximum absolute atomic E-state index is 12.9. The van der Waals surface area contributed by atoms with Crippen LogP contribution in [0.3, 0.4) is 0 Å². The lowest BCUT2D eigenvalue weighted by atomic mass is 9.76. The van der Waals surface area contributed by atoms with E-state index in [1.54, 1.807) is 12.1 Å². The van der Waals surface area contributed by atoms with Gasteiger partial charge in [0.1, 0.15) is 5.54 Å². The summed E-state index contributed by atoms with van der Waals surface area (Å²) in [6, 6.07) is 9.01. The predicted octanol–water partition coefficient (Wildman–Crippen LogP) is 2.78. The molecule has 24 heavy (non-hydrogen) atoms. The first-order valence-corrected chi connectivity index (χ1v) is 8.67. The third-order valence-electron chi connectivity index (χ3n) is 4.37. The monoisotopic (exact) mass is 331 g/mol. The molecule has 0 bridgehead atoms. The van der Waals surface area contributed by atoms with E-state index < -0.39 is 5.54 Å². The topological polar surface area (TPSA) is 70.2 Å². The first-order chi connectivity index (χ1) is 11.2. The molecule has 0 heterocycles. The van der Waals surface area contributed by atoms with E-state index in [0.29, 0.717) is 24.3 Å². The molecule has 0 spiro atoms. The molecular weight excluding hydrogens is 302 g/mol. The minimum Gasteiger partial charge on any atom is -0.350 e. The molecule has 5 nitrogen and oxygen atoms in total. The molecule has 0 aliphatic heterocycles. The Hall–Kier alpha value is -1.88. The van der Waals surface area contributed by atoms with Crippen molar-refractivity contribution in [3.05, 3.63) is 35.9 Å². The summed E-state index contributed by atoms with van der Waals surface area (Å²) in [5.41, 5.74) is 5.33. The average Bonchev–Trinajstić information content (AvgIpc) is 2.52. The first kappa shape index (κ1) is 18.5. The number of amides is 2. The summed E-state index contributed by atoms with van der Waals surface area (Å²) in [7, 11) is 0. The van der Waals surface area contributed by atoms with Crippen LogP contribution in [-0.2, 0) is 4.79 Å². The fraction of sp³-hybridized carbons (Fsp3) is 0.579. The number of nitrogens with one attached hydrogen (secondary N) is 3. The fourth-order valence-corrected chi connectivity index (χ4v) is 3.23. The quantitative estimate of drug-likeness (QED) is 0.743. The Morgan fingerprint density at radius 1 is 1.17 bits per heavy atom. The summed E-state index contributed by atoms with van der Waals surface area (Å²) in [5.74, 6) is 0.164. The van der Waals surface area contributed by atoms with Crippen molar-refractivity contribution >= 4 is 11.8 Å². The van der Waals surface area contributed by atoms with Crippen LogP contribution in [0.4, 0.5) is 0 Å². The van der Waals surface area contributed by atoms with Crippen LogP contribution in [0, 0.1) is 5.92 Å². The number of hydrogen-bond donors (Lipinski definition) is 3. The molecule has 1 saturated carbocycles. The van der Waals surface area contributed by atoms with Crippen molar-refractivity contribution in [1.82, 2.24) is 16.2 Å². The summed E-state index contributed by atoms with van der Waals surface area (Å²) >= 11 is 0. The summed E-state index contributed by atoms with van der Waals surface area (Å²) in [5, 5.41) is 3.06. The summed E-state index contributed by atoms with van der Waals surface area (Å²) < 4.78 is 0. The van der Waals surface area contributed by atoms with Gasteiger partial charge in [-0.2, -0.15) is 0 Å². The van der Waals surface area contributed by atoms with Gasteiger partial charge in [-0.3, -0.25) is 15.0 Å². The molecule has 3 N–H and O–H groups in total. The zero-order valence-electron chi connectivity index (χ0n) is 15.1. The van der Waals surface area contributed by atoms with E-state index in [4.69, 9.17) is 0 Å². The highest BCUT2D eigenvalue weighted by Gasteiger charge is 2.43. The zero-order chi connectivity index (χ0) is 17.8. The van der Waals surface area contributed by atoms with Gasteiger partial charge in [-0.25, -0.2) is 5.43 Å². The molecule has 1 fully saturated rings. The average molecular weight is 331 g/mol. The Balaban J connectivity index is 2.11. The van der Waals surface area contributed by atoms with E-state index in [0.717, 1.165) is 12.8 Å². The fourth-order valence-electron chi connectivity index (χ4n) is 3.23. The minimum absolute atomic E-state index is 0.0464. The van der Waals surface area contributed by atoms with Gasteiger partial charge in [-0.15, -0.1) is 0 Å². The van der Waals surface area contributed by atoms with Crippen molar-refractivity contribution in [2.24, 2.45) is 5.92 Å². The maximum Gasteiger partial charge on any atom is 0.265 e. The number of rotatable bonds is 4. The van der Waals surface area contributed by atoms with E-state index in [2.05, 4.69) is 23.1 Å². The molecule has 132 valence electrons. The molecule has 1 aliphatic rings. The number of carbonyl (C=O) groups is 2. The van der Waals surface area contributed by atoms with E-state index in [-0.39, 0.29) is 17.4 Å². The molecule has 1 aromatic rings. The van der Waals surface area contributed by atoms with Crippen molar-refractivity contribution in [1.29, 1.82) is 0 Å². The highest BCUT2D eigenvalue weighted by Crippen LogP contribution is 2.32. The van der Waals surface area contributed by atoms with Crippen LogP contribution < -0.4 is 16.2 Å². The molecule has 1 aliphatic carbocycles. The second-order valence-electron chi connectivity index (χ2n) is 7.93. The molecule has 0 radical (unpaired) electrons. The third kappa shape index (κ3) is 4.81. The van der Waals surface area contributed by atoms with Crippen molar-refractivity contribution in [3.63, 3.8) is 0 Å². The van der Waals surface area contributed by atoms with Crippen LogP contribution in [0.15, 0.2) is 30.3 Å². The predicted molar refractivity (Wildman–Crippen MR) is 95.3 cm³/mol. The second kappa shape index (κ2) is 7.34. The lowest BCUT2D eigenvalue weighted by Crippen LogP contribution is -2.65. The Morgan fingerprint density at radius 3 is 2.42 bits per heavy atom. The van der Waals surface area contributed by atoms with Crippen LogP contribution in [0.5, 0.6) is 0 Å². The summed E-state index contributed by atoms with van der Waals surface area (Å²) in [4.78, 5) is 25.2. The van der Waals surface area contributed by atoms with Crippen molar-refractivity contribution in [2.45, 2.75) is 64.5 Å². The molecule has 5 heteroatoms. The highest BCUT2D eigenvalue weighted by molar-refractivity contribution is 5.94. The molecule has 0 aromatic heterocycles. The van der Waals surface area contributed by atoms with Gasteiger partial charge in [0.25, 0.3) is 5.91 Å². The lowest BCUT2D eigenvalue weighted by Gasteiger charge is -2.41. The van der Waals surface area contributed by atoms with Gasteiger partial charge >= 0.3 is 0 Å². The number of carbonyl (C=O) groups excluding carboxylic acids is 2. The van der Waals surface area contributed by atoms with Gasteiger partial charge in [-0.05, 0) is 51.7 Å². The summed E-state index contributed by atoms with van der Waals surface area (Å²) in [6.07, 6.45) is 3.50. The standard InChI is InChI=1S/C19H29N3O2/c1-14-9-8-12-19(13-14,17(24)20-18(2,3)4)22-21-16(23)15-10-6-5-7-11-15/h5-7,10-11,14,22H,8-9,12-13H2,1-4H3,(H,20,24)(H,21,23)/t14-,19-/m1/s1. The molecule has 1 aromatic carbocycles. The Kier molecular flexibility index (Phi) is 5.65. The highest BCUT2D eigenvalue weighted by atomic mass is 16.2. The van der Waals surface area contributed by atoms with Gasteiger partial charge < -0.3 is 5.32 Å². The number of hydrazine groups is 1. The molecular formula is C19H29N3O2. The summed E-state index contributed by atoms with van der Waals surface area (Å²) in [6.45, 7) is 8.05. The molecule has 2 amide bonds. The van der Waals surface area contributed by atoms with Gasteiger partial charge in [0.2, 0.25) is 5.91 Å². The zero-order valence-corrected chi connectivity index (χ0v) is 15.1. The maximum atomic E-state index is 12.9. The second-order valence-corrected chi connectivity index (χ2v) is 7.93. The third-order valence-corrected chi connectivity index (χ3v) is 4.37. The first-order valence-electron chi connectivity index (χ1n) is 8.67. The molecule has 0 unspecified atom stereocenters. The van der Waals surface area contributed by atoms with Crippen LogP contribution in [0.2, 0.25) is 0 Å². The van der Waals surface area contributed by atoms with E-state index in [9.17, 15) is 9.59 Å². The van der Waals surface area contributed by atoms with Crippen LogP contribution >= 0.6 is 0 Å². The van der Waals surface area contributed by atoms with E-state index >= 15 is 0 Å². The van der Waals surface area contributed by atoms with Crippen molar-refractivity contribution < 1.29 is 9.59 Å². The Bertz CT molecular complexity index is 580. The largest absolute Gasteiger partial charge is 0.350 e. The number of hydrogen-bond acceptors (Lipinski definition) is 3. The van der Waals surface area contributed by atoms with Crippen molar-refractivity contribution in [3.8, 4) is 0 Å². The molecule has 2 rings (SSSR count). The normalized spacial score (nSPS) is 24.2. The van der Waals surface area contributed by atoms with Gasteiger partial charge in [0.05, 0.1) is 0 Å². The van der Waals surface area contributed by atoms with E-state index in [1.807, 2.05) is 39.0 Å². The SMILES string of the molecule is C[C@@H]1CCC[C@](NNC(=O)c2ccccc2)(C(=O)NC(C)(C)C)C1. The van der Waals surface area contributed by atoms with Crippen LogP contribution in [-0.4, -0.2) is 22.9 Å². The van der Waals surface area contributed by atoms with Gasteiger partial charge in [-0.1, -0.05) is 38.0 Å². The molecule has 2 atom stereocenters. The van der Waals surface area contributed by atoms with Gasteiger partial charge in [0.15, 0.2) is 0 Å². The van der Waals surface area contributed by atoms with Crippen LogP contribution in [0.1, 0.15) is 63.7 Å². The number of benzene rings is 1. The van der Waals surface area contributed by atoms with Crippen molar-refractivity contribution in [2.75, 3.05) is 0 Å². The lowest BCUT2D eigenvalue weighted by molar-refractivity contribution is -0.131. The smallest absolute Gasteiger partial charge is 0.265 e. The Labute approximate surface area is 144 Å². The van der Waals surface area contributed by atoms with Crippen LogP contribution in [0.25, 0.3) is 0 Å². The van der Waals surface area contributed by atoms with Gasteiger partial charge in [0, 0.05) is 11.1 Å². The Morgan fingerprint density at radius 2 is 1.83 bits per heavy atom. The minimum atomic E-state index is -0.755.